The Labute approximate surface area is 171 Å². The number of hydrogen-bond acceptors (Lipinski definition) is 5. The molecule has 0 saturated heterocycles. The first kappa shape index (κ1) is 20.3. The number of nitriles is 1. The van der Waals surface area contributed by atoms with Crippen LogP contribution in [0.3, 0.4) is 0 Å². The Hall–Kier alpha value is -2.44. The third kappa shape index (κ3) is 4.69. The average Bonchev–Trinajstić information content (AvgIpc) is 3.09. The van der Waals surface area contributed by atoms with Crippen LogP contribution < -0.4 is 10.0 Å². The zero-order valence-electron chi connectivity index (χ0n) is 14.6. The van der Waals surface area contributed by atoms with E-state index >= 15 is 0 Å². The van der Waals surface area contributed by atoms with Crippen LogP contribution >= 0.6 is 22.9 Å². The molecule has 144 valence electrons. The average molecular weight is 434 g/mol. The van der Waals surface area contributed by atoms with Gasteiger partial charge in [-0.15, -0.1) is 11.3 Å². The maximum atomic E-state index is 12.7. The van der Waals surface area contributed by atoms with Crippen LogP contribution in [0.2, 0.25) is 5.02 Å². The monoisotopic (exact) mass is 433 g/mol. The molecule has 2 N–H and O–H groups in total. The summed E-state index contributed by atoms with van der Waals surface area (Å²) in [6.45, 7) is -0.206. The normalized spacial score (nSPS) is 12.4. The molecule has 0 aliphatic heterocycles. The van der Waals surface area contributed by atoms with E-state index in [4.69, 9.17) is 16.9 Å². The first-order valence-electron chi connectivity index (χ1n) is 8.28. The Balaban J connectivity index is 1.89. The third-order valence-electron chi connectivity index (χ3n) is 4.06. The summed E-state index contributed by atoms with van der Waals surface area (Å²) in [4.78, 5) is 12.5. The third-order valence-corrected chi connectivity index (χ3v) is 6.82. The lowest BCUT2D eigenvalue weighted by molar-refractivity contribution is -0.122. The van der Waals surface area contributed by atoms with Gasteiger partial charge >= 0.3 is 0 Å². The van der Waals surface area contributed by atoms with Gasteiger partial charge in [0.25, 0.3) is 0 Å². The number of nitrogens with one attached hydrogen (secondary N) is 2. The number of benzene rings is 2. The molecule has 0 spiro atoms. The van der Waals surface area contributed by atoms with E-state index in [0.29, 0.717) is 5.02 Å². The van der Waals surface area contributed by atoms with Crippen LogP contribution in [0, 0.1) is 11.3 Å². The number of halogens is 1. The predicted molar refractivity (Wildman–Crippen MR) is 110 cm³/mol. The van der Waals surface area contributed by atoms with Gasteiger partial charge in [-0.3, -0.25) is 4.79 Å². The number of hydrogen-bond donors (Lipinski definition) is 2. The zero-order valence-corrected chi connectivity index (χ0v) is 16.9. The minimum Gasteiger partial charge on any atom is -0.342 e. The molecule has 1 heterocycles. The summed E-state index contributed by atoms with van der Waals surface area (Å²) in [5.74, 6) is -0.561. The van der Waals surface area contributed by atoms with Gasteiger partial charge in [-0.1, -0.05) is 29.8 Å². The Morgan fingerprint density at radius 3 is 2.61 bits per heavy atom. The van der Waals surface area contributed by atoms with Crippen molar-refractivity contribution in [3.8, 4) is 6.07 Å². The van der Waals surface area contributed by atoms with Gasteiger partial charge in [0.05, 0.1) is 11.0 Å². The molecule has 3 aromatic rings. The van der Waals surface area contributed by atoms with E-state index in [9.17, 15) is 13.2 Å². The summed E-state index contributed by atoms with van der Waals surface area (Å²) in [6, 6.07) is 14.1. The molecule has 6 nitrogen and oxygen atoms in total. The first-order chi connectivity index (χ1) is 13.4. The molecule has 1 aromatic heterocycles. The maximum absolute atomic E-state index is 12.7. The van der Waals surface area contributed by atoms with E-state index in [1.165, 1.54) is 35.6 Å². The van der Waals surface area contributed by atoms with Gasteiger partial charge in [0.15, 0.2) is 0 Å². The second-order valence-corrected chi connectivity index (χ2v) is 9.03. The Kier molecular flexibility index (Phi) is 6.31. The molecular formula is C19H16ClN3O3S2. The van der Waals surface area contributed by atoms with Gasteiger partial charge in [0, 0.05) is 9.72 Å². The molecule has 1 atom stereocenters. The van der Waals surface area contributed by atoms with Crippen molar-refractivity contribution in [1.82, 2.24) is 10.0 Å². The molecule has 1 amide bonds. The van der Waals surface area contributed by atoms with E-state index in [-0.39, 0.29) is 17.9 Å². The highest BCUT2D eigenvalue weighted by Gasteiger charge is 2.26. The second-order valence-electron chi connectivity index (χ2n) is 5.96. The molecular weight excluding hydrogens is 418 g/mol. The molecule has 3 rings (SSSR count). The molecule has 28 heavy (non-hydrogen) atoms. The molecule has 0 saturated carbocycles. The Morgan fingerprint density at radius 2 is 1.89 bits per heavy atom. The minimum atomic E-state index is -3.95. The molecule has 1 unspecified atom stereocenters. The minimum absolute atomic E-state index is 0.00478. The molecule has 9 heteroatoms. The number of thiophene rings is 1. The van der Waals surface area contributed by atoms with Crippen LogP contribution in [0.1, 0.15) is 5.56 Å². The van der Waals surface area contributed by atoms with E-state index in [1.807, 2.05) is 35.7 Å². The summed E-state index contributed by atoms with van der Waals surface area (Å²) >= 11 is 7.34. The summed E-state index contributed by atoms with van der Waals surface area (Å²) in [6.07, 6.45) is 0.161. The standard InChI is InChI=1S/C19H16ClN3O3S2/c20-14-5-7-15(8-6-14)28(25,26)23-17(19(24)22-10-9-21)11-13-12-27-18-4-2-1-3-16(13)18/h1-8,12,17,23H,10-11H2,(H,22,24). The molecule has 0 bridgehead atoms. The Bertz CT molecular complexity index is 1140. The number of sulfonamides is 1. The maximum Gasteiger partial charge on any atom is 0.241 e. The molecule has 0 fully saturated rings. The summed E-state index contributed by atoms with van der Waals surface area (Å²) < 4.78 is 29.0. The zero-order chi connectivity index (χ0) is 20.1. The van der Waals surface area contributed by atoms with Crippen molar-refractivity contribution < 1.29 is 13.2 Å². The van der Waals surface area contributed by atoms with Gasteiger partial charge in [0.2, 0.25) is 15.9 Å². The van der Waals surface area contributed by atoms with Crippen molar-refractivity contribution in [1.29, 1.82) is 5.26 Å². The SMILES string of the molecule is N#CCNC(=O)C(Cc1csc2ccccc12)NS(=O)(=O)c1ccc(Cl)cc1. The van der Waals surface area contributed by atoms with E-state index in [0.717, 1.165) is 15.6 Å². The van der Waals surface area contributed by atoms with Crippen molar-refractivity contribution in [3.05, 3.63) is 64.5 Å². The lowest BCUT2D eigenvalue weighted by Gasteiger charge is -2.18. The van der Waals surface area contributed by atoms with Crippen LogP contribution in [0.15, 0.2) is 58.8 Å². The fourth-order valence-electron chi connectivity index (χ4n) is 2.72. The number of amides is 1. The van der Waals surface area contributed by atoms with E-state index in [2.05, 4.69) is 10.0 Å². The first-order valence-corrected chi connectivity index (χ1v) is 11.0. The smallest absolute Gasteiger partial charge is 0.241 e. The lowest BCUT2D eigenvalue weighted by Crippen LogP contribution is -2.48. The number of nitrogens with zero attached hydrogens (tertiary/aromatic N) is 1. The number of fused-ring (bicyclic) bond motifs is 1. The van der Waals surface area contributed by atoms with Crippen LogP contribution in [0.5, 0.6) is 0 Å². The quantitative estimate of drug-likeness (QED) is 0.559. The second kappa shape index (κ2) is 8.71. The highest BCUT2D eigenvalue weighted by molar-refractivity contribution is 7.89. The van der Waals surface area contributed by atoms with Crippen LogP contribution in [-0.2, 0) is 21.2 Å². The van der Waals surface area contributed by atoms with Crippen LogP contribution in [-0.4, -0.2) is 26.9 Å². The van der Waals surface area contributed by atoms with Gasteiger partial charge in [-0.05, 0) is 53.1 Å². The highest BCUT2D eigenvalue weighted by Crippen LogP contribution is 2.27. The van der Waals surface area contributed by atoms with Crippen molar-refractivity contribution in [2.75, 3.05) is 6.54 Å². The largest absolute Gasteiger partial charge is 0.342 e. The lowest BCUT2D eigenvalue weighted by atomic mass is 10.1. The molecule has 0 radical (unpaired) electrons. The number of rotatable bonds is 7. The van der Waals surface area contributed by atoms with Crippen molar-refractivity contribution in [2.24, 2.45) is 0 Å². The van der Waals surface area contributed by atoms with Gasteiger partial charge in [0.1, 0.15) is 12.6 Å². The predicted octanol–water partition coefficient (Wildman–Crippen LogP) is 3.08. The van der Waals surface area contributed by atoms with Gasteiger partial charge < -0.3 is 5.32 Å². The van der Waals surface area contributed by atoms with Gasteiger partial charge in [-0.25, -0.2) is 8.42 Å². The fourth-order valence-corrected chi connectivity index (χ4v) is 5.01. The summed E-state index contributed by atoms with van der Waals surface area (Å²) in [7, 11) is -3.95. The highest BCUT2D eigenvalue weighted by atomic mass is 35.5. The van der Waals surface area contributed by atoms with E-state index < -0.39 is 22.0 Å². The van der Waals surface area contributed by atoms with Crippen molar-refractivity contribution in [3.63, 3.8) is 0 Å². The molecule has 2 aromatic carbocycles. The topological polar surface area (TPSA) is 99.1 Å². The van der Waals surface area contributed by atoms with Crippen molar-refractivity contribution in [2.45, 2.75) is 17.4 Å². The van der Waals surface area contributed by atoms with Crippen LogP contribution in [0.25, 0.3) is 10.1 Å². The molecule has 0 aliphatic carbocycles. The van der Waals surface area contributed by atoms with Crippen molar-refractivity contribution >= 4 is 49.0 Å². The fraction of sp³-hybridized carbons (Fsp3) is 0.158. The summed E-state index contributed by atoms with van der Waals surface area (Å²) in [5.41, 5.74) is 0.858. The summed E-state index contributed by atoms with van der Waals surface area (Å²) in [5, 5.41) is 14.4. The van der Waals surface area contributed by atoms with Crippen LogP contribution in [0.4, 0.5) is 0 Å². The van der Waals surface area contributed by atoms with E-state index in [1.54, 1.807) is 0 Å². The Morgan fingerprint density at radius 1 is 1.18 bits per heavy atom. The number of carbonyl (C=O) groups excluding carboxylic acids is 1. The number of carbonyl (C=O) groups is 1. The van der Waals surface area contributed by atoms with Gasteiger partial charge in [-0.2, -0.15) is 9.98 Å². The molecule has 0 aliphatic rings.